The Morgan fingerprint density at radius 2 is 2.30 bits per heavy atom. The van der Waals surface area contributed by atoms with Crippen LogP contribution in [0.4, 0.5) is 5.69 Å². The Labute approximate surface area is 133 Å². The fourth-order valence-electron chi connectivity index (χ4n) is 2.73. The van der Waals surface area contributed by atoms with E-state index in [9.17, 15) is 14.9 Å². The maximum Gasteiger partial charge on any atom is 0.277 e. The number of nitro groups is 1. The van der Waals surface area contributed by atoms with E-state index >= 15 is 0 Å². The summed E-state index contributed by atoms with van der Waals surface area (Å²) in [6.07, 6.45) is 8.13. The number of rotatable bonds is 4. The number of carbonyl (C=O) groups is 1. The molecule has 6 nitrogen and oxygen atoms in total. The monoisotopic (exact) mass is 309 g/mol. The lowest BCUT2D eigenvalue weighted by atomic mass is 9.98. The van der Waals surface area contributed by atoms with Crippen molar-refractivity contribution in [3.05, 3.63) is 76.5 Å². The molecule has 0 aromatic heterocycles. The Bertz CT molecular complexity index is 777. The molecule has 1 aromatic carbocycles. The van der Waals surface area contributed by atoms with Crippen LogP contribution in [0.1, 0.15) is 12.0 Å². The summed E-state index contributed by atoms with van der Waals surface area (Å²) in [5.41, 5.74) is 1.50. The number of benzene rings is 1. The molecule has 3 rings (SSSR count). The van der Waals surface area contributed by atoms with Gasteiger partial charge in [0.1, 0.15) is 5.71 Å². The highest BCUT2D eigenvalue weighted by Gasteiger charge is 2.33. The highest BCUT2D eigenvalue weighted by Crippen LogP contribution is 2.27. The van der Waals surface area contributed by atoms with Gasteiger partial charge in [0.15, 0.2) is 0 Å². The van der Waals surface area contributed by atoms with Crippen LogP contribution in [0, 0.1) is 10.1 Å². The zero-order valence-corrected chi connectivity index (χ0v) is 12.4. The summed E-state index contributed by atoms with van der Waals surface area (Å²) < 4.78 is 0. The third kappa shape index (κ3) is 2.70. The van der Waals surface area contributed by atoms with Gasteiger partial charge in [0.25, 0.3) is 11.6 Å². The number of non-ortho nitro benzene ring substituents is 1. The molecule has 1 aliphatic heterocycles. The van der Waals surface area contributed by atoms with Crippen LogP contribution in [-0.2, 0) is 4.79 Å². The van der Waals surface area contributed by atoms with E-state index in [2.05, 4.69) is 11.6 Å². The van der Waals surface area contributed by atoms with Crippen molar-refractivity contribution in [2.75, 3.05) is 6.54 Å². The van der Waals surface area contributed by atoms with E-state index in [1.807, 2.05) is 18.2 Å². The molecule has 6 heteroatoms. The van der Waals surface area contributed by atoms with Gasteiger partial charge >= 0.3 is 0 Å². The number of hydrogen-bond acceptors (Lipinski definition) is 4. The molecule has 1 unspecified atom stereocenters. The fourth-order valence-corrected chi connectivity index (χ4v) is 2.73. The highest BCUT2D eigenvalue weighted by molar-refractivity contribution is 6.46. The molecule has 0 N–H and O–H groups in total. The number of carbonyl (C=O) groups excluding carboxylic acids is 1. The molecule has 2 aliphatic rings. The first-order valence-corrected chi connectivity index (χ1v) is 7.24. The van der Waals surface area contributed by atoms with Gasteiger partial charge in [-0.2, -0.15) is 0 Å². The summed E-state index contributed by atoms with van der Waals surface area (Å²) in [4.78, 5) is 29.4. The van der Waals surface area contributed by atoms with E-state index in [1.165, 1.54) is 12.1 Å². The van der Waals surface area contributed by atoms with E-state index in [0.29, 0.717) is 18.5 Å². The van der Waals surface area contributed by atoms with Gasteiger partial charge in [-0.05, 0) is 12.5 Å². The van der Waals surface area contributed by atoms with Gasteiger partial charge in [-0.3, -0.25) is 19.9 Å². The van der Waals surface area contributed by atoms with Crippen molar-refractivity contribution in [3.63, 3.8) is 0 Å². The van der Waals surface area contributed by atoms with Crippen molar-refractivity contribution in [1.82, 2.24) is 4.90 Å². The standard InChI is InChI=1S/C17H15N3O3/c1-2-10-19-15-9-4-3-8-14(15)18-16(17(19)21)12-6-5-7-13(11-12)20(22)23/h2-7,9,11,14H,1,8,10H2. The quantitative estimate of drug-likeness (QED) is 0.487. The van der Waals surface area contributed by atoms with Crippen molar-refractivity contribution >= 4 is 17.3 Å². The summed E-state index contributed by atoms with van der Waals surface area (Å²) >= 11 is 0. The van der Waals surface area contributed by atoms with Crippen LogP contribution in [0.2, 0.25) is 0 Å². The zero-order chi connectivity index (χ0) is 16.4. The summed E-state index contributed by atoms with van der Waals surface area (Å²) in [5, 5.41) is 11.0. The molecule has 0 bridgehead atoms. The number of nitrogens with zero attached hydrogens (tertiary/aromatic N) is 3. The molecular formula is C17H15N3O3. The minimum atomic E-state index is -0.479. The van der Waals surface area contributed by atoms with E-state index in [1.54, 1.807) is 23.1 Å². The summed E-state index contributed by atoms with van der Waals surface area (Å²) in [6, 6.07) is 5.87. The molecule has 1 atom stereocenters. The molecule has 0 saturated heterocycles. The normalized spacial score (nSPS) is 19.7. The molecule has 0 saturated carbocycles. The zero-order valence-electron chi connectivity index (χ0n) is 12.4. The number of fused-ring (bicyclic) bond motifs is 1. The van der Waals surface area contributed by atoms with Crippen LogP contribution >= 0.6 is 0 Å². The average Bonchev–Trinajstić information content (AvgIpc) is 2.57. The van der Waals surface area contributed by atoms with Gasteiger partial charge in [0.2, 0.25) is 0 Å². The van der Waals surface area contributed by atoms with Crippen molar-refractivity contribution in [1.29, 1.82) is 0 Å². The predicted molar refractivity (Wildman–Crippen MR) is 87.2 cm³/mol. The van der Waals surface area contributed by atoms with Crippen molar-refractivity contribution < 1.29 is 9.72 Å². The van der Waals surface area contributed by atoms with Gasteiger partial charge in [0, 0.05) is 29.9 Å². The predicted octanol–water partition coefficient (Wildman–Crippen LogP) is 2.62. The van der Waals surface area contributed by atoms with E-state index in [0.717, 1.165) is 5.70 Å². The van der Waals surface area contributed by atoms with Gasteiger partial charge in [-0.1, -0.05) is 30.4 Å². The van der Waals surface area contributed by atoms with Gasteiger partial charge in [-0.15, -0.1) is 6.58 Å². The number of nitro benzene ring substituents is 1. The summed E-state index contributed by atoms with van der Waals surface area (Å²) in [7, 11) is 0. The maximum atomic E-state index is 12.8. The van der Waals surface area contributed by atoms with Crippen LogP contribution in [0.15, 0.2) is 65.8 Å². The number of amides is 1. The second-order valence-corrected chi connectivity index (χ2v) is 5.26. The maximum absolute atomic E-state index is 12.8. The highest BCUT2D eigenvalue weighted by atomic mass is 16.6. The molecule has 1 heterocycles. The van der Waals surface area contributed by atoms with Crippen LogP contribution in [0.25, 0.3) is 0 Å². The summed E-state index contributed by atoms with van der Waals surface area (Å²) in [5.74, 6) is -0.261. The van der Waals surface area contributed by atoms with E-state index in [-0.39, 0.29) is 23.3 Å². The van der Waals surface area contributed by atoms with Crippen molar-refractivity contribution in [2.24, 2.45) is 4.99 Å². The second kappa shape index (κ2) is 6.00. The number of hydrogen-bond donors (Lipinski definition) is 0. The Balaban J connectivity index is 2.07. The average molecular weight is 309 g/mol. The first-order chi connectivity index (χ1) is 11.1. The van der Waals surface area contributed by atoms with Crippen LogP contribution < -0.4 is 0 Å². The molecule has 0 fully saturated rings. The minimum Gasteiger partial charge on any atom is -0.305 e. The summed E-state index contributed by atoms with van der Waals surface area (Å²) in [6.45, 7) is 4.07. The molecule has 116 valence electrons. The fraction of sp³-hybridized carbons (Fsp3) is 0.176. The Morgan fingerprint density at radius 3 is 3.04 bits per heavy atom. The van der Waals surface area contributed by atoms with Crippen molar-refractivity contribution in [3.8, 4) is 0 Å². The number of aliphatic imine (C=N–C) groups is 1. The molecule has 0 spiro atoms. The van der Waals surface area contributed by atoms with Crippen LogP contribution in [0.3, 0.4) is 0 Å². The molecule has 1 amide bonds. The molecular weight excluding hydrogens is 294 g/mol. The lowest BCUT2D eigenvalue weighted by molar-refractivity contribution is -0.384. The Kier molecular flexibility index (Phi) is 3.89. The molecule has 23 heavy (non-hydrogen) atoms. The Morgan fingerprint density at radius 1 is 1.48 bits per heavy atom. The van der Waals surface area contributed by atoms with E-state index < -0.39 is 4.92 Å². The number of allylic oxidation sites excluding steroid dienone is 2. The van der Waals surface area contributed by atoms with Gasteiger partial charge in [0.05, 0.1) is 11.0 Å². The van der Waals surface area contributed by atoms with E-state index in [4.69, 9.17) is 0 Å². The largest absolute Gasteiger partial charge is 0.305 e. The minimum absolute atomic E-state index is 0.0573. The lowest BCUT2D eigenvalue weighted by Crippen LogP contribution is -2.44. The van der Waals surface area contributed by atoms with Crippen LogP contribution in [0.5, 0.6) is 0 Å². The van der Waals surface area contributed by atoms with Gasteiger partial charge in [-0.25, -0.2) is 0 Å². The smallest absolute Gasteiger partial charge is 0.277 e. The first-order valence-electron chi connectivity index (χ1n) is 7.24. The van der Waals surface area contributed by atoms with Crippen LogP contribution in [-0.4, -0.2) is 34.0 Å². The second-order valence-electron chi connectivity index (χ2n) is 5.26. The first kappa shape index (κ1) is 14.9. The molecule has 1 aliphatic carbocycles. The molecule has 1 aromatic rings. The SMILES string of the molecule is C=CCN1C(=O)C(c2cccc([N+](=O)[O-])c2)=NC2CC=CC=C21. The van der Waals surface area contributed by atoms with Crippen molar-refractivity contribution in [2.45, 2.75) is 12.5 Å². The Hall–Kier alpha value is -3.02. The lowest BCUT2D eigenvalue weighted by Gasteiger charge is -2.34. The molecule has 0 radical (unpaired) electrons. The third-order valence-electron chi connectivity index (χ3n) is 3.79. The third-order valence-corrected chi connectivity index (χ3v) is 3.79. The topological polar surface area (TPSA) is 75.8 Å². The van der Waals surface area contributed by atoms with Gasteiger partial charge < -0.3 is 4.90 Å².